The lowest BCUT2D eigenvalue weighted by Gasteiger charge is -2.32. The lowest BCUT2D eigenvalue weighted by molar-refractivity contribution is 0.0778. The Balaban J connectivity index is 0.000000141. The molecule has 546 valence electrons. The van der Waals surface area contributed by atoms with Gasteiger partial charge in [0.05, 0.1) is 52.2 Å². The number of carbonyl (C=O) groups excluding carboxylic acids is 3. The monoisotopic (exact) mass is 1430 g/mol. The first-order valence-corrected chi connectivity index (χ1v) is 36.1. The summed E-state index contributed by atoms with van der Waals surface area (Å²) in [5.74, 6) is -0.303. The van der Waals surface area contributed by atoms with Crippen molar-refractivity contribution in [2.75, 3.05) is 119 Å². The number of aromatic nitrogens is 9. The Morgan fingerprint density at radius 1 is 0.425 bits per heavy atom. The molecule has 4 N–H and O–H groups in total. The molecule has 21 nitrogen and oxygen atoms in total. The topological polar surface area (TPSA) is 212 Å². The highest BCUT2D eigenvalue weighted by Crippen LogP contribution is 2.35. The standard InChI is InChI=1S/C28H31FN6O.C27H29FN6O.C27H28FN5O2/c1-20-17-21(7-9-25(20)29)26-24(5-3-10-30-26)22-6-8-23-18-32-27(35(23)19-22)28(36)31-11-4-12-34-15-13-33(2)14-16-34;1-19-16-20(6-8-24(19)28)25-23(4-3-9-29-25)21-5-7-22-17-31-26(34(22)18-21)27(35)30-10-11-33-14-12-32(2)13-15-33;1-18-15-19(5-7-24(18)28)25-23(3-2-10-30-25)20-4-6-22-16-32-26(33(22)17-20)27(34)31-12-11-29-21-8-13-35-14-9-21/h3,5-10,17-19H,4,11-16H2,1-2H3,(H,31,36);3-9,16-18H,10-15H2,1-2H3,(H,30,35);2-7,10,15-17,21,29H,8-9,11-14H2,1H3,(H,31,34). The maximum absolute atomic E-state index is 13.8. The second kappa shape index (κ2) is 34.4. The van der Waals surface area contributed by atoms with Crippen LogP contribution in [0, 0.1) is 38.2 Å². The molecule has 9 aromatic heterocycles. The quantitative estimate of drug-likeness (QED) is 0.0523. The van der Waals surface area contributed by atoms with Gasteiger partial charge < -0.3 is 40.7 Å². The van der Waals surface area contributed by atoms with Gasteiger partial charge in [-0.1, -0.05) is 36.4 Å². The number of aryl methyl sites for hydroxylation is 3. The van der Waals surface area contributed by atoms with E-state index in [1.54, 1.807) is 98.8 Å². The number of imidazole rings is 3. The summed E-state index contributed by atoms with van der Waals surface area (Å²) in [5.41, 5.74) is 14.3. The fraction of sp³-hybridized carbons (Fsp3) is 0.305. The molecule has 3 fully saturated rings. The molecule has 12 aromatic rings. The van der Waals surface area contributed by atoms with E-state index in [0.29, 0.717) is 66.4 Å². The summed E-state index contributed by atoms with van der Waals surface area (Å²) in [6, 6.07) is 38.8. The molecule has 3 aliphatic rings. The van der Waals surface area contributed by atoms with Crippen LogP contribution in [0.25, 0.3) is 83.7 Å². The SMILES string of the molecule is Cc1cc(-c2ncccc2-c2ccc3cnc(C(=O)NCCCN4CCN(C)CC4)n3c2)ccc1F.Cc1cc(-c2ncccc2-c2ccc3cnc(C(=O)NCCN4CCN(C)CC4)n3c2)ccc1F.Cc1cc(-c2ncccc2-c2ccc3cnc(C(=O)NCCNC4CCOCC4)n3c2)ccc1F. The van der Waals surface area contributed by atoms with Crippen LogP contribution in [-0.4, -0.2) is 205 Å². The zero-order valence-electron chi connectivity index (χ0n) is 60.4. The lowest BCUT2D eigenvalue weighted by Crippen LogP contribution is -2.47. The van der Waals surface area contributed by atoms with Gasteiger partial charge in [0.1, 0.15) is 17.5 Å². The summed E-state index contributed by atoms with van der Waals surface area (Å²) in [5, 5.41) is 12.5. The fourth-order valence-corrected chi connectivity index (χ4v) is 13.5. The molecule has 3 saturated heterocycles. The summed E-state index contributed by atoms with van der Waals surface area (Å²) < 4.78 is 52.3. The maximum atomic E-state index is 13.8. The third-order valence-corrected chi connectivity index (χ3v) is 19.7. The fourth-order valence-electron chi connectivity index (χ4n) is 13.5. The summed E-state index contributed by atoms with van der Waals surface area (Å²) in [6.07, 6.45) is 18.9. The zero-order valence-corrected chi connectivity index (χ0v) is 60.4. The van der Waals surface area contributed by atoms with Crippen LogP contribution >= 0.6 is 0 Å². The highest BCUT2D eigenvalue weighted by molar-refractivity contribution is 5.94. The predicted molar refractivity (Wildman–Crippen MR) is 407 cm³/mol. The van der Waals surface area contributed by atoms with Crippen molar-refractivity contribution < 1.29 is 32.3 Å². The van der Waals surface area contributed by atoms with Crippen molar-refractivity contribution in [3.05, 3.63) is 235 Å². The molecule has 106 heavy (non-hydrogen) atoms. The second-order valence-electron chi connectivity index (χ2n) is 27.2. The van der Waals surface area contributed by atoms with Crippen molar-refractivity contribution in [1.29, 1.82) is 0 Å². The van der Waals surface area contributed by atoms with Crippen LogP contribution in [0.4, 0.5) is 13.2 Å². The molecule has 0 spiro atoms. The molecule has 15 rings (SSSR count). The van der Waals surface area contributed by atoms with Crippen molar-refractivity contribution in [1.82, 2.24) is 84.0 Å². The van der Waals surface area contributed by atoms with Gasteiger partial charge in [-0.05, 0) is 168 Å². The lowest BCUT2D eigenvalue weighted by atomic mass is 9.99. The van der Waals surface area contributed by atoms with Gasteiger partial charge in [0.2, 0.25) is 17.5 Å². The summed E-state index contributed by atoms with van der Waals surface area (Å²) in [4.78, 5) is 75.1. The number of likely N-dealkylation sites (N-methyl/N-ethyl adjacent to an activating group) is 2. The van der Waals surface area contributed by atoms with Crippen LogP contribution in [0.2, 0.25) is 0 Å². The van der Waals surface area contributed by atoms with Gasteiger partial charge in [-0.2, -0.15) is 0 Å². The van der Waals surface area contributed by atoms with Gasteiger partial charge in [0.15, 0.2) is 0 Å². The van der Waals surface area contributed by atoms with Gasteiger partial charge in [0, 0.05) is 192 Å². The van der Waals surface area contributed by atoms with E-state index in [9.17, 15) is 27.6 Å². The number of amides is 3. The van der Waals surface area contributed by atoms with E-state index in [-0.39, 0.29) is 35.2 Å². The minimum absolute atomic E-state index is 0.189. The van der Waals surface area contributed by atoms with E-state index in [2.05, 4.69) is 84.9 Å². The number of fused-ring (bicyclic) bond motifs is 3. The number of hydrogen-bond acceptors (Lipinski definition) is 15. The molecule has 3 amide bonds. The number of benzene rings is 3. The number of hydrogen-bond donors (Lipinski definition) is 4. The molecule has 0 aliphatic carbocycles. The molecule has 0 saturated carbocycles. The van der Waals surface area contributed by atoms with E-state index in [0.717, 1.165) is 182 Å². The Morgan fingerprint density at radius 2 is 0.783 bits per heavy atom. The van der Waals surface area contributed by atoms with Crippen molar-refractivity contribution in [3.63, 3.8) is 0 Å². The van der Waals surface area contributed by atoms with E-state index >= 15 is 0 Å². The summed E-state index contributed by atoms with van der Waals surface area (Å²) in [7, 11) is 4.28. The van der Waals surface area contributed by atoms with Crippen LogP contribution in [0.5, 0.6) is 0 Å². The Bertz CT molecular complexity index is 5080. The molecule has 0 atom stereocenters. The van der Waals surface area contributed by atoms with Crippen molar-refractivity contribution in [3.8, 4) is 67.2 Å². The highest BCUT2D eigenvalue weighted by atomic mass is 19.1. The minimum Gasteiger partial charge on any atom is -0.381 e. The Kier molecular flexibility index (Phi) is 23.8. The van der Waals surface area contributed by atoms with Gasteiger partial charge in [-0.25, -0.2) is 28.1 Å². The summed E-state index contributed by atoms with van der Waals surface area (Å²) in [6.45, 7) is 19.5. The van der Waals surface area contributed by atoms with E-state index < -0.39 is 0 Å². The Morgan fingerprint density at radius 3 is 1.17 bits per heavy atom. The highest BCUT2D eigenvalue weighted by Gasteiger charge is 2.23. The smallest absolute Gasteiger partial charge is 0.287 e. The average Bonchev–Trinajstić information content (AvgIpc) is 1.43. The van der Waals surface area contributed by atoms with Crippen molar-refractivity contribution in [2.24, 2.45) is 0 Å². The number of pyridine rings is 6. The van der Waals surface area contributed by atoms with Gasteiger partial charge in [0.25, 0.3) is 17.7 Å². The molecular weight excluding hydrogens is 1340 g/mol. The molecule has 3 aromatic carbocycles. The van der Waals surface area contributed by atoms with Gasteiger partial charge >= 0.3 is 0 Å². The number of ether oxygens (including phenoxy) is 1. The van der Waals surface area contributed by atoms with E-state index in [4.69, 9.17) is 4.74 Å². The number of piperazine rings is 2. The summed E-state index contributed by atoms with van der Waals surface area (Å²) >= 11 is 0. The van der Waals surface area contributed by atoms with Crippen LogP contribution in [-0.2, 0) is 4.74 Å². The third-order valence-electron chi connectivity index (χ3n) is 19.7. The number of nitrogens with one attached hydrogen (secondary N) is 4. The third kappa shape index (κ3) is 17.7. The molecule has 0 radical (unpaired) electrons. The number of halogens is 3. The minimum atomic E-state index is -0.246. The zero-order chi connectivity index (χ0) is 73.6. The number of carbonyl (C=O) groups is 3. The Hall–Kier alpha value is -10.9. The average molecular weight is 1430 g/mol. The second-order valence-corrected chi connectivity index (χ2v) is 27.2. The normalized spacial score (nSPS) is 14.7. The predicted octanol–water partition coefficient (Wildman–Crippen LogP) is 11.4. The molecule has 24 heteroatoms. The largest absolute Gasteiger partial charge is 0.381 e. The number of nitrogens with zero attached hydrogens (tertiary/aromatic N) is 13. The molecule has 0 unspecified atom stereocenters. The van der Waals surface area contributed by atoms with E-state index in [1.807, 2.05) is 100 Å². The molecule has 3 aliphatic heterocycles. The van der Waals surface area contributed by atoms with Gasteiger partial charge in [-0.3, -0.25) is 47.4 Å². The van der Waals surface area contributed by atoms with Crippen LogP contribution in [0.3, 0.4) is 0 Å². The van der Waals surface area contributed by atoms with Crippen molar-refractivity contribution >= 4 is 34.3 Å². The maximum Gasteiger partial charge on any atom is 0.287 e. The first-order valence-electron chi connectivity index (χ1n) is 36.1. The molecular formula is C82H88F3N17O4. The molecule has 0 bridgehead atoms. The van der Waals surface area contributed by atoms with Crippen molar-refractivity contribution in [2.45, 2.75) is 46.1 Å². The van der Waals surface area contributed by atoms with Gasteiger partial charge in [-0.15, -0.1) is 0 Å². The first-order chi connectivity index (χ1) is 51.6. The van der Waals surface area contributed by atoms with E-state index in [1.165, 1.54) is 18.2 Å². The first kappa shape index (κ1) is 73.5. The van der Waals surface area contributed by atoms with Crippen LogP contribution in [0.1, 0.15) is 67.8 Å². The molecule has 12 heterocycles. The van der Waals surface area contributed by atoms with Crippen LogP contribution in [0.15, 0.2) is 183 Å². The Labute approximate surface area is 614 Å². The van der Waals surface area contributed by atoms with Crippen LogP contribution < -0.4 is 21.3 Å². The number of rotatable bonds is 20.